The van der Waals surface area contributed by atoms with Gasteiger partial charge < -0.3 is 0 Å². The normalized spacial score (nSPS) is 12.5. The lowest BCUT2D eigenvalue weighted by atomic mass is 10.1. The van der Waals surface area contributed by atoms with Crippen molar-refractivity contribution in [1.29, 1.82) is 0 Å². The first-order chi connectivity index (χ1) is 8.97. The average molecular weight is 266 g/mol. The Hall–Kier alpha value is -2.10. The molecule has 0 aliphatic carbocycles. The zero-order valence-corrected chi connectivity index (χ0v) is 9.79. The van der Waals surface area contributed by atoms with E-state index in [1.54, 1.807) is 30.3 Å². The highest BCUT2D eigenvalue weighted by atomic mass is 19.4. The van der Waals surface area contributed by atoms with Crippen LogP contribution in [0.25, 0.3) is 11.9 Å². The lowest BCUT2D eigenvalue weighted by Gasteiger charge is -2.06. The molecule has 0 saturated carbocycles. The van der Waals surface area contributed by atoms with E-state index in [-0.39, 0.29) is 5.56 Å². The van der Waals surface area contributed by atoms with Crippen LogP contribution in [0.5, 0.6) is 0 Å². The van der Waals surface area contributed by atoms with E-state index in [4.69, 9.17) is 0 Å². The molecule has 4 heteroatoms. The summed E-state index contributed by atoms with van der Waals surface area (Å²) in [5.74, 6) is -0.570. The molecule has 2 aromatic carbocycles. The maximum atomic E-state index is 13.8. The fourth-order valence-corrected chi connectivity index (χ4v) is 1.60. The third-order valence-corrected chi connectivity index (χ3v) is 2.58. The Bertz CT molecular complexity index is 565. The van der Waals surface area contributed by atoms with E-state index in [1.807, 2.05) is 0 Å². The summed E-state index contributed by atoms with van der Waals surface area (Å²) in [6, 6.07) is 12.7. The van der Waals surface area contributed by atoms with Crippen LogP contribution in [0, 0.1) is 0 Å². The molecule has 2 aromatic rings. The molecule has 19 heavy (non-hydrogen) atoms. The van der Waals surface area contributed by atoms with Gasteiger partial charge in [0, 0.05) is 5.56 Å². The van der Waals surface area contributed by atoms with Crippen molar-refractivity contribution in [2.75, 3.05) is 0 Å². The topological polar surface area (TPSA) is 0 Å². The van der Waals surface area contributed by atoms with Gasteiger partial charge in [0.25, 0.3) is 0 Å². The number of rotatable bonds is 2. The Kier molecular flexibility index (Phi) is 3.69. The van der Waals surface area contributed by atoms with Crippen molar-refractivity contribution >= 4 is 11.9 Å². The summed E-state index contributed by atoms with van der Waals surface area (Å²) in [4.78, 5) is 0. The van der Waals surface area contributed by atoms with Gasteiger partial charge in [-0.2, -0.15) is 13.2 Å². The second kappa shape index (κ2) is 5.26. The number of hydrogen-bond donors (Lipinski definition) is 0. The SMILES string of the molecule is F/C(=C\c1ccccc1)c1ccc(C(F)(F)F)cc1. The lowest BCUT2D eigenvalue weighted by molar-refractivity contribution is -0.137. The molecule has 0 amide bonds. The highest BCUT2D eigenvalue weighted by Crippen LogP contribution is 2.30. The molecule has 0 N–H and O–H groups in total. The highest BCUT2D eigenvalue weighted by molar-refractivity contribution is 5.76. The van der Waals surface area contributed by atoms with Crippen molar-refractivity contribution in [3.8, 4) is 0 Å². The van der Waals surface area contributed by atoms with Crippen LogP contribution in [-0.2, 0) is 6.18 Å². The number of benzene rings is 2. The van der Waals surface area contributed by atoms with Crippen LogP contribution in [0.4, 0.5) is 17.6 Å². The first-order valence-electron chi connectivity index (χ1n) is 5.57. The van der Waals surface area contributed by atoms with Crippen LogP contribution in [0.3, 0.4) is 0 Å². The molecular formula is C15H10F4. The maximum absolute atomic E-state index is 13.8. The summed E-state index contributed by atoms with van der Waals surface area (Å²) in [6.07, 6.45) is -3.12. The Labute approximate surface area is 108 Å². The summed E-state index contributed by atoms with van der Waals surface area (Å²) >= 11 is 0. The molecule has 2 rings (SSSR count). The average Bonchev–Trinajstić information content (AvgIpc) is 2.39. The van der Waals surface area contributed by atoms with Gasteiger partial charge in [-0.3, -0.25) is 0 Å². The first kappa shape index (κ1) is 13.3. The van der Waals surface area contributed by atoms with Crippen molar-refractivity contribution < 1.29 is 17.6 Å². The van der Waals surface area contributed by atoms with E-state index in [0.29, 0.717) is 5.56 Å². The molecule has 0 radical (unpaired) electrons. The van der Waals surface area contributed by atoms with Gasteiger partial charge in [-0.05, 0) is 23.8 Å². The highest BCUT2D eigenvalue weighted by Gasteiger charge is 2.30. The van der Waals surface area contributed by atoms with Crippen LogP contribution >= 0.6 is 0 Å². The molecule has 0 aliphatic rings. The predicted molar refractivity (Wildman–Crippen MR) is 66.9 cm³/mol. The van der Waals surface area contributed by atoms with E-state index in [0.717, 1.165) is 24.3 Å². The van der Waals surface area contributed by atoms with Crippen LogP contribution in [-0.4, -0.2) is 0 Å². The third-order valence-electron chi connectivity index (χ3n) is 2.58. The number of halogens is 4. The molecule has 0 saturated heterocycles. The van der Waals surface area contributed by atoms with Crippen LogP contribution in [0.15, 0.2) is 54.6 Å². The molecule has 0 nitrogen and oxygen atoms in total. The zero-order valence-electron chi connectivity index (χ0n) is 9.79. The predicted octanol–water partition coefficient (Wildman–Crippen LogP) is 5.17. The van der Waals surface area contributed by atoms with E-state index >= 15 is 0 Å². The molecule has 0 unspecified atom stereocenters. The first-order valence-corrected chi connectivity index (χ1v) is 5.57. The van der Waals surface area contributed by atoms with Crippen LogP contribution in [0.1, 0.15) is 16.7 Å². The van der Waals surface area contributed by atoms with E-state index in [2.05, 4.69) is 0 Å². The second-order valence-electron chi connectivity index (χ2n) is 3.98. The fourth-order valence-electron chi connectivity index (χ4n) is 1.60. The number of alkyl halides is 3. The standard InChI is InChI=1S/C15H10F4/c16-14(10-11-4-2-1-3-5-11)12-6-8-13(9-7-12)15(17,18)19/h1-10H/b14-10-. The molecule has 0 heterocycles. The summed E-state index contributed by atoms with van der Waals surface area (Å²) in [7, 11) is 0. The van der Waals surface area contributed by atoms with Crippen LogP contribution in [0.2, 0.25) is 0 Å². The van der Waals surface area contributed by atoms with Crippen LogP contribution < -0.4 is 0 Å². The minimum atomic E-state index is -4.40. The third kappa shape index (κ3) is 3.44. The molecule has 98 valence electrons. The van der Waals surface area contributed by atoms with E-state index in [1.165, 1.54) is 6.08 Å². The Morgan fingerprint density at radius 2 is 1.42 bits per heavy atom. The van der Waals surface area contributed by atoms with Gasteiger partial charge in [-0.15, -0.1) is 0 Å². The molecule has 0 spiro atoms. The molecule has 0 fully saturated rings. The molecule has 0 aliphatic heterocycles. The van der Waals surface area contributed by atoms with Gasteiger partial charge in [0.05, 0.1) is 5.56 Å². The minimum Gasteiger partial charge on any atom is -0.206 e. The van der Waals surface area contributed by atoms with Crippen molar-refractivity contribution in [3.05, 3.63) is 71.3 Å². The Morgan fingerprint density at radius 1 is 0.842 bits per heavy atom. The minimum absolute atomic E-state index is 0.122. The molecule has 0 aromatic heterocycles. The van der Waals surface area contributed by atoms with Gasteiger partial charge in [0.2, 0.25) is 0 Å². The second-order valence-corrected chi connectivity index (χ2v) is 3.98. The van der Waals surface area contributed by atoms with Gasteiger partial charge >= 0.3 is 6.18 Å². The zero-order chi connectivity index (χ0) is 13.9. The van der Waals surface area contributed by atoms with E-state index < -0.39 is 17.6 Å². The monoisotopic (exact) mass is 266 g/mol. The lowest BCUT2D eigenvalue weighted by Crippen LogP contribution is -2.04. The summed E-state index contributed by atoms with van der Waals surface area (Å²) in [5, 5.41) is 0. The quantitative estimate of drug-likeness (QED) is 0.519. The summed E-state index contributed by atoms with van der Waals surface area (Å²) in [5.41, 5.74) is -0.0134. The Balaban J connectivity index is 2.25. The van der Waals surface area contributed by atoms with Gasteiger partial charge in [-0.1, -0.05) is 42.5 Å². The molecule has 0 bridgehead atoms. The van der Waals surface area contributed by atoms with Crippen molar-refractivity contribution in [3.63, 3.8) is 0 Å². The number of hydrogen-bond acceptors (Lipinski definition) is 0. The Morgan fingerprint density at radius 3 is 1.95 bits per heavy atom. The molecule has 0 atom stereocenters. The van der Waals surface area contributed by atoms with E-state index in [9.17, 15) is 17.6 Å². The van der Waals surface area contributed by atoms with Gasteiger partial charge in [0.15, 0.2) is 0 Å². The van der Waals surface area contributed by atoms with Crippen molar-refractivity contribution in [2.45, 2.75) is 6.18 Å². The van der Waals surface area contributed by atoms with Gasteiger partial charge in [0.1, 0.15) is 5.83 Å². The smallest absolute Gasteiger partial charge is 0.206 e. The van der Waals surface area contributed by atoms with Gasteiger partial charge in [-0.25, -0.2) is 4.39 Å². The van der Waals surface area contributed by atoms with Crippen molar-refractivity contribution in [2.24, 2.45) is 0 Å². The summed E-state index contributed by atoms with van der Waals surface area (Å²) < 4.78 is 50.9. The largest absolute Gasteiger partial charge is 0.416 e. The fraction of sp³-hybridized carbons (Fsp3) is 0.0667. The summed E-state index contributed by atoms with van der Waals surface area (Å²) in [6.45, 7) is 0. The maximum Gasteiger partial charge on any atom is 0.416 e. The molecular weight excluding hydrogens is 256 g/mol. The van der Waals surface area contributed by atoms with Crippen molar-refractivity contribution in [1.82, 2.24) is 0 Å².